The Morgan fingerprint density at radius 3 is 3.11 bits per heavy atom. The van der Waals surface area contributed by atoms with E-state index in [0.717, 1.165) is 19.4 Å². The third kappa shape index (κ3) is 3.73. The van der Waals surface area contributed by atoms with Crippen molar-refractivity contribution in [2.75, 3.05) is 18.5 Å². The molecule has 2 rings (SSSR count). The van der Waals surface area contributed by atoms with Gasteiger partial charge in [-0.2, -0.15) is 4.98 Å². The van der Waals surface area contributed by atoms with Crippen molar-refractivity contribution in [3.63, 3.8) is 0 Å². The lowest BCUT2D eigenvalue weighted by molar-refractivity contribution is 0.305. The number of alkyl halides is 1. The van der Waals surface area contributed by atoms with Gasteiger partial charge in [0.2, 0.25) is 11.8 Å². The fourth-order valence-corrected chi connectivity index (χ4v) is 2.53. The Kier molecular flexibility index (Phi) is 5.05. The maximum atomic E-state index is 6.24. The van der Waals surface area contributed by atoms with E-state index in [1.165, 1.54) is 12.8 Å². The van der Waals surface area contributed by atoms with E-state index in [1.54, 1.807) is 12.3 Å². The van der Waals surface area contributed by atoms with Gasteiger partial charge in [-0.15, -0.1) is 11.6 Å². The Bertz CT molecular complexity index is 375. The molecule has 4 nitrogen and oxygen atoms in total. The first-order chi connectivity index (χ1) is 8.79. The van der Waals surface area contributed by atoms with Gasteiger partial charge < -0.3 is 10.1 Å². The van der Waals surface area contributed by atoms with Crippen LogP contribution in [0.2, 0.25) is 0 Å². The molecule has 1 N–H and O–H groups in total. The summed E-state index contributed by atoms with van der Waals surface area (Å²) in [6, 6.07) is 1.78. The lowest BCUT2D eigenvalue weighted by Crippen LogP contribution is -2.19. The quantitative estimate of drug-likeness (QED) is 0.806. The van der Waals surface area contributed by atoms with Crippen LogP contribution in [0.15, 0.2) is 12.3 Å². The van der Waals surface area contributed by atoms with E-state index in [1.807, 2.05) is 0 Å². The minimum absolute atomic E-state index is 0.289. The zero-order valence-corrected chi connectivity index (χ0v) is 11.5. The normalized spacial score (nSPS) is 23.0. The number of nitrogens with one attached hydrogen (secondary N) is 1. The molecule has 1 fully saturated rings. The van der Waals surface area contributed by atoms with Crippen molar-refractivity contribution in [2.24, 2.45) is 5.92 Å². The molecule has 5 heteroatoms. The molecule has 100 valence electrons. The van der Waals surface area contributed by atoms with E-state index in [2.05, 4.69) is 22.2 Å². The molecule has 0 spiro atoms. The summed E-state index contributed by atoms with van der Waals surface area (Å²) in [5.41, 5.74) is 0. The summed E-state index contributed by atoms with van der Waals surface area (Å²) < 4.78 is 5.47. The molecule has 18 heavy (non-hydrogen) atoms. The van der Waals surface area contributed by atoms with Crippen molar-refractivity contribution in [3.05, 3.63) is 12.3 Å². The summed E-state index contributed by atoms with van der Waals surface area (Å²) in [4.78, 5) is 8.50. The maximum absolute atomic E-state index is 6.24. The van der Waals surface area contributed by atoms with E-state index in [-0.39, 0.29) is 5.38 Å². The zero-order valence-electron chi connectivity index (χ0n) is 10.7. The van der Waals surface area contributed by atoms with Crippen LogP contribution in [-0.2, 0) is 0 Å². The number of rotatable bonds is 6. The number of nitrogens with zero attached hydrogens (tertiary/aromatic N) is 2. The van der Waals surface area contributed by atoms with Crippen LogP contribution < -0.4 is 10.1 Å². The van der Waals surface area contributed by atoms with Crippen molar-refractivity contribution in [1.82, 2.24) is 9.97 Å². The van der Waals surface area contributed by atoms with Crippen LogP contribution in [0.4, 0.5) is 5.95 Å². The molecule has 0 bridgehead atoms. The second-order valence-corrected chi connectivity index (χ2v) is 5.22. The standard InChI is InChI=1S/C13H20ClN3O/c1-2-8-18-12-6-7-15-13(17-12)16-9-10-4-3-5-11(10)14/h6-7,10-11H,2-5,8-9H2,1H3,(H,15,16,17). The van der Waals surface area contributed by atoms with Crippen LogP contribution in [0.25, 0.3) is 0 Å². The topological polar surface area (TPSA) is 47.0 Å². The Labute approximate surface area is 113 Å². The van der Waals surface area contributed by atoms with E-state index in [4.69, 9.17) is 16.3 Å². The lowest BCUT2D eigenvalue weighted by Gasteiger charge is -2.14. The van der Waals surface area contributed by atoms with Crippen LogP contribution in [0.3, 0.4) is 0 Å². The maximum Gasteiger partial charge on any atom is 0.225 e. The second kappa shape index (κ2) is 6.78. The molecule has 1 saturated carbocycles. The molecular weight excluding hydrogens is 250 g/mol. The largest absolute Gasteiger partial charge is 0.478 e. The zero-order chi connectivity index (χ0) is 12.8. The Hall–Kier alpha value is -1.03. The highest BCUT2D eigenvalue weighted by Crippen LogP contribution is 2.30. The van der Waals surface area contributed by atoms with Gasteiger partial charge in [-0.25, -0.2) is 4.98 Å². The predicted molar refractivity (Wildman–Crippen MR) is 73.3 cm³/mol. The van der Waals surface area contributed by atoms with Crippen molar-refractivity contribution >= 4 is 17.5 Å². The van der Waals surface area contributed by atoms with Crippen LogP contribution in [0.5, 0.6) is 5.88 Å². The van der Waals surface area contributed by atoms with Gasteiger partial charge in [0.15, 0.2) is 0 Å². The molecule has 2 atom stereocenters. The number of anilines is 1. The number of halogens is 1. The molecule has 0 aromatic carbocycles. The highest BCUT2D eigenvalue weighted by Gasteiger charge is 2.24. The highest BCUT2D eigenvalue weighted by molar-refractivity contribution is 6.20. The molecular formula is C13H20ClN3O. The van der Waals surface area contributed by atoms with Gasteiger partial charge >= 0.3 is 0 Å². The fourth-order valence-electron chi connectivity index (χ4n) is 2.16. The van der Waals surface area contributed by atoms with Gasteiger partial charge in [0.1, 0.15) is 0 Å². The average molecular weight is 270 g/mol. The first-order valence-electron chi connectivity index (χ1n) is 6.63. The lowest BCUT2D eigenvalue weighted by atomic mass is 10.1. The number of hydrogen-bond acceptors (Lipinski definition) is 4. The molecule has 1 aromatic rings. The second-order valence-electron chi connectivity index (χ2n) is 4.65. The molecule has 0 saturated heterocycles. The fraction of sp³-hybridized carbons (Fsp3) is 0.692. The summed E-state index contributed by atoms with van der Waals surface area (Å²) in [6.07, 6.45) is 6.22. The number of ether oxygens (including phenoxy) is 1. The molecule has 2 unspecified atom stereocenters. The average Bonchev–Trinajstić information content (AvgIpc) is 2.80. The Morgan fingerprint density at radius 1 is 1.50 bits per heavy atom. The number of hydrogen-bond donors (Lipinski definition) is 1. The molecule has 1 aliphatic carbocycles. The van der Waals surface area contributed by atoms with E-state index < -0.39 is 0 Å². The van der Waals surface area contributed by atoms with Crippen LogP contribution in [-0.4, -0.2) is 28.5 Å². The van der Waals surface area contributed by atoms with E-state index >= 15 is 0 Å². The van der Waals surface area contributed by atoms with Crippen LogP contribution in [0, 0.1) is 5.92 Å². The van der Waals surface area contributed by atoms with Gasteiger partial charge in [0.05, 0.1) is 6.61 Å². The van der Waals surface area contributed by atoms with Crippen LogP contribution in [0.1, 0.15) is 32.6 Å². The predicted octanol–water partition coefficient (Wildman–Crippen LogP) is 3.08. The minimum Gasteiger partial charge on any atom is -0.478 e. The van der Waals surface area contributed by atoms with Gasteiger partial charge in [0, 0.05) is 24.2 Å². The summed E-state index contributed by atoms with van der Waals surface area (Å²) >= 11 is 6.24. The summed E-state index contributed by atoms with van der Waals surface area (Å²) in [7, 11) is 0. The first-order valence-corrected chi connectivity index (χ1v) is 7.07. The van der Waals surface area contributed by atoms with Crippen LogP contribution >= 0.6 is 11.6 Å². The Morgan fingerprint density at radius 2 is 2.39 bits per heavy atom. The van der Waals surface area contributed by atoms with E-state index in [0.29, 0.717) is 24.4 Å². The smallest absolute Gasteiger partial charge is 0.225 e. The van der Waals surface area contributed by atoms with Crippen molar-refractivity contribution in [2.45, 2.75) is 38.0 Å². The van der Waals surface area contributed by atoms with Gasteiger partial charge in [-0.3, -0.25) is 0 Å². The molecule has 0 aliphatic heterocycles. The summed E-state index contributed by atoms with van der Waals surface area (Å²) in [6.45, 7) is 3.59. The summed E-state index contributed by atoms with van der Waals surface area (Å²) in [5, 5.41) is 3.54. The highest BCUT2D eigenvalue weighted by atomic mass is 35.5. The Balaban J connectivity index is 1.84. The molecule has 0 radical (unpaired) electrons. The SMILES string of the molecule is CCCOc1ccnc(NCC2CCCC2Cl)n1. The third-order valence-electron chi connectivity index (χ3n) is 3.17. The van der Waals surface area contributed by atoms with Gasteiger partial charge in [0.25, 0.3) is 0 Å². The molecule has 1 aromatic heterocycles. The van der Waals surface area contributed by atoms with Gasteiger partial charge in [-0.1, -0.05) is 13.3 Å². The summed E-state index contributed by atoms with van der Waals surface area (Å²) in [5.74, 6) is 1.78. The van der Waals surface area contributed by atoms with Crippen molar-refractivity contribution in [3.8, 4) is 5.88 Å². The van der Waals surface area contributed by atoms with Crippen molar-refractivity contribution in [1.29, 1.82) is 0 Å². The first kappa shape index (κ1) is 13.4. The molecule has 1 heterocycles. The molecule has 0 amide bonds. The van der Waals surface area contributed by atoms with Gasteiger partial charge in [-0.05, 0) is 25.2 Å². The minimum atomic E-state index is 0.289. The van der Waals surface area contributed by atoms with Crippen molar-refractivity contribution < 1.29 is 4.74 Å². The number of aromatic nitrogens is 2. The van der Waals surface area contributed by atoms with E-state index in [9.17, 15) is 0 Å². The monoisotopic (exact) mass is 269 g/mol. The molecule has 1 aliphatic rings. The third-order valence-corrected chi connectivity index (χ3v) is 3.75.